The Labute approximate surface area is 121 Å². The molecule has 0 aromatic heterocycles. The molecule has 0 aliphatic heterocycles. The Bertz CT molecular complexity index is 555. The van der Waals surface area contributed by atoms with Crippen LogP contribution >= 0.6 is 31.9 Å². The lowest BCUT2D eigenvalue weighted by molar-refractivity contribution is 0.296. The van der Waals surface area contributed by atoms with Gasteiger partial charge < -0.3 is 10.5 Å². The van der Waals surface area contributed by atoms with Crippen molar-refractivity contribution in [1.29, 1.82) is 0 Å². The first-order valence-corrected chi connectivity index (χ1v) is 6.77. The zero-order chi connectivity index (χ0) is 13.1. The van der Waals surface area contributed by atoms with Crippen molar-refractivity contribution in [2.24, 2.45) is 0 Å². The van der Waals surface area contributed by atoms with Crippen LogP contribution in [0.1, 0.15) is 5.56 Å². The van der Waals surface area contributed by atoms with Crippen LogP contribution in [-0.2, 0) is 6.61 Å². The lowest BCUT2D eigenvalue weighted by atomic mass is 10.2. The fourth-order valence-corrected chi connectivity index (χ4v) is 2.68. The van der Waals surface area contributed by atoms with Gasteiger partial charge in [-0.3, -0.25) is 0 Å². The van der Waals surface area contributed by atoms with Gasteiger partial charge >= 0.3 is 0 Å². The maximum Gasteiger partial charge on any atom is 0.148 e. The number of halogens is 3. The van der Waals surface area contributed by atoms with E-state index in [0.29, 0.717) is 17.0 Å². The highest BCUT2D eigenvalue weighted by Crippen LogP contribution is 2.33. The average molecular weight is 375 g/mol. The topological polar surface area (TPSA) is 35.2 Å². The van der Waals surface area contributed by atoms with Gasteiger partial charge in [-0.15, -0.1) is 0 Å². The smallest absolute Gasteiger partial charge is 0.148 e. The van der Waals surface area contributed by atoms with E-state index in [1.165, 1.54) is 6.07 Å². The van der Waals surface area contributed by atoms with Crippen molar-refractivity contribution in [2.75, 3.05) is 5.73 Å². The molecule has 2 aromatic rings. The van der Waals surface area contributed by atoms with E-state index in [9.17, 15) is 4.39 Å². The number of nitrogen functional groups attached to an aromatic ring is 1. The maximum absolute atomic E-state index is 13.6. The van der Waals surface area contributed by atoms with Crippen molar-refractivity contribution in [3.63, 3.8) is 0 Å². The average Bonchev–Trinajstić information content (AvgIpc) is 2.31. The summed E-state index contributed by atoms with van der Waals surface area (Å²) in [6, 6.07) is 10.2. The predicted octanol–water partition coefficient (Wildman–Crippen LogP) is 4.51. The molecule has 0 saturated heterocycles. The third-order valence-corrected chi connectivity index (χ3v) is 3.62. The number of rotatable bonds is 3. The third kappa shape index (κ3) is 3.03. The summed E-state index contributed by atoms with van der Waals surface area (Å²) in [4.78, 5) is 0. The fraction of sp³-hybridized carbons (Fsp3) is 0.0769. The summed E-state index contributed by atoms with van der Waals surface area (Å²) in [5.41, 5.74) is 6.35. The summed E-state index contributed by atoms with van der Waals surface area (Å²) >= 11 is 6.76. The van der Waals surface area contributed by atoms with E-state index in [1.54, 1.807) is 12.1 Å². The van der Waals surface area contributed by atoms with E-state index < -0.39 is 0 Å². The van der Waals surface area contributed by atoms with Crippen LogP contribution in [0.25, 0.3) is 0 Å². The van der Waals surface area contributed by atoms with Gasteiger partial charge in [0.1, 0.15) is 18.2 Å². The Morgan fingerprint density at radius 1 is 1.11 bits per heavy atom. The van der Waals surface area contributed by atoms with Gasteiger partial charge in [-0.25, -0.2) is 4.39 Å². The molecule has 94 valence electrons. The molecule has 0 aliphatic carbocycles. The van der Waals surface area contributed by atoms with Crippen molar-refractivity contribution in [1.82, 2.24) is 0 Å². The zero-order valence-electron chi connectivity index (χ0n) is 9.29. The van der Waals surface area contributed by atoms with Gasteiger partial charge in [0.15, 0.2) is 0 Å². The fourth-order valence-electron chi connectivity index (χ4n) is 1.45. The molecule has 0 fully saturated rings. The molecule has 2 nitrogen and oxygen atoms in total. The van der Waals surface area contributed by atoms with Crippen LogP contribution in [0.15, 0.2) is 45.3 Å². The van der Waals surface area contributed by atoms with E-state index in [1.807, 2.05) is 18.2 Å². The van der Waals surface area contributed by atoms with Crippen LogP contribution in [-0.4, -0.2) is 0 Å². The molecular formula is C13H10Br2FNO. The Balaban J connectivity index is 2.16. The lowest BCUT2D eigenvalue weighted by Gasteiger charge is -2.10. The zero-order valence-corrected chi connectivity index (χ0v) is 12.5. The molecule has 2 N–H and O–H groups in total. The molecule has 0 radical (unpaired) electrons. The third-order valence-electron chi connectivity index (χ3n) is 2.37. The van der Waals surface area contributed by atoms with Gasteiger partial charge in [0.25, 0.3) is 0 Å². The van der Waals surface area contributed by atoms with Gasteiger partial charge in [0.05, 0.1) is 8.95 Å². The molecule has 0 atom stereocenters. The maximum atomic E-state index is 13.6. The van der Waals surface area contributed by atoms with Crippen LogP contribution in [0, 0.1) is 5.82 Å². The second-order valence-electron chi connectivity index (χ2n) is 3.69. The summed E-state index contributed by atoms with van der Waals surface area (Å²) in [5.74, 6) is 0.284. The summed E-state index contributed by atoms with van der Waals surface area (Å²) in [5, 5.41) is 0. The van der Waals surface area contributed by atoms with Crippen molar-refractivity contribution < 1.29 is 9.13 Å². The first-order valence-electron chi connectivity index (χ1n) is 5.18. The van der Waals surface area contributed by atoms with E-state index >= 15 is 0 Å². The largest absolute Gasteiger partial charge is 0.486 e. The molecule has 0 aliphatic rings. The van der Waals surface area contributed by atoms with Crippen LogP contribution < -0.4 is 10.5 Å². The highest BCUT2D eigenvalue weighted by Gasteiger charge is 2.08. The van der Waals surface area contributed by atoms with Crippen molar-refractivity contribution >= 4 is 37.5 Å². The SMILES string of the molecule is Nc1ccc(COc2c(Br)cccc2Br)c(F)c1. The molecule has 2 aromatic carbocycles. The van der Waals surface area contributed by atoms with E-state index in [4.69, 9.17) is 10.5 Å². The number of benzene rings is 2. The molecule has 2 rings (SSSR count). The Morgan fingerprint density at radius 2 is 1.78 bits per heavy atom. The van der Waals surface area contributed by atoms with Crippen molar-refractivity contribution in [3.05, 3.63) is 56.7 Å². The molecule has 0 unspecified atom stereocenters. The molecule has 18 heavy (non-hydrogen) atoms. The van der Waals surface area contributed by atoms with Crippen LogP contribution in [0.4, 0.5) is 10.1 Å². The van der Waals surface area contributed by atoms with Gasteiger partial charge in [0.2, 0.25) is 0 Å². The van der Waals surface area contributed by atoms with Crippen molar-refractivity contribution in [3.8, 4) is 5.75 Å². The molecule has 0 bridgehead atoms. The first kappa shape index (κ1) is 13.4. The lowest BCUT2D eigenvalue weighted by Crippen LogP contribution is -2.00. The van der Waals surface area contributed by atoms with E-state index in [0.717, 1.165) is 8.95 Å². The highest BCUT2D eigenvalue weighted by molar-refractivity contribution is 9.11. The standard InChI is InChI=1S/C13H10Br2FNO/c14-10-2-1-3-11(15)13(10)18-7-8-4-5-9(17)6-12(8)16/h1-6H,7,17H2. The highest BCUT2D eigenvalue weighted by atomic mass is 79.9. The summed E-state index contributed by atoms with van der Waals surface area (Å²) in [7, 11) is 0. The molecule has 0 heterocycles. The number of ether oxygens (including phenoxy) is 1. The summed E-state index contributed by atoms with van der Waals surface area (Å²) < 4.78 is 20.8. The van der Waals surface area contributed by atoms with E-state index in [2.05, 4.69) is 31.9 Å². The van der Waals surface area contributed by atoms with Crippen molar-refractivity contribution in [2.45, 2.75) is 6.61 Å². The monoisotopic (exact) mass is 373 g/mol. The molecule has 5 heteroatoms. The predicted molar refractivity (Wildman–Crippen MR) is 77.0 cm³/mol. The molecule has 0 saturated carbocycles. The summed E-state index contributed by atoms with van der Waals surface area (Å²) in [6.45, 7) is 0.146. The minimum Gasteiger partial charge on any atom is -0.486 e. The number of anilines is 1. The second kappa shape index (κ2) is 5.71. The van der Waals surface area contributed by atoms with E-state index in [-0.39, 0.29) is 12.4 Å². The van der Waals surface area contributed by atoms with Gasteiger partial charge in [0, 0.05) is 11.3 Å². The first-order chi connectivity index (χ1) is 8.58. The number of nitrogens with two attached hydrogens (primary N) is 1. The number of hydrogen-bond acceptors (Lipinski definition) is 2. The van der Waals surface area contributed by atoms with Crippen LogP contribution in [0.2, 0.25) is 0 Å². The second-order valence-corrected chi connectivity index (χ2v) is 5.40. The number of hydrogen-bond donors (Lipinski definition) is 1. The normalized spacial score (nSPS) is 10.4. The summed E-state index contributed by atoms with van der Waals surface area (Å²) in [6.07, 6.45) is 0. The molecular weight excluding hydrogens is 365 g/mol. The Hall–Kier alpha value is -1.07. The van der Waals surface area contributed by atoms with Crippen LogP contribution in [0.5, 0.6) is 5.75 Å². The Kier molecular flexibility index (Phi) is 4.24. The minimum atomic E-state index is -0.363. The quantitative estimate of drug-likeness (QED) is 0.802. The van der Waals surface area contributed by atoms with Gasteiger partial charge in [-0.1, -0.05) is 12.1 Å². The minimum absolute atomic E-state index is 0.146. The number of para-hydroxylation sites is 1. The molecule has 0 spiro atoms. The molecule has 0 amide bonds. The van der Waals surface area contributed by atoms with Gasteiger partial charge in [-0.2, -0.15) is 0 Å². The Morgan fingerprint density at radius 3 is 2.39 bits per heavy atom. The van der Waals surface area contributed by atoms with Gasteiger partial charge in [-0.05, 0) is 56.1 Å². The van der Waals surface area contributed by atoms with Crippen LogP contribution in [0.3, 0.4) is 0 Å².